The number of nitrogens with one attached hydrogen (secondary N) is 1. The fourth-order valence-corrected chi connectivity index (χ4v) is 1.87. The molecule has 0 fully saturated rings. The molecule has 0 aliphatic rings. The number of hydrogen-bond donors (Lipinski definition) is 1. The van der Waals surface area contributed by atoms with Crippen molar-refractivity contribution in [1.29, 1.82) is 5.26 Å². The Morgan fingerprint density at radius 1 is 1.33 bits per heavy atom. The summed E-state index contributed by atoms with van der Waals surface area (Å²) in [5.41, 5.74) is 2.74. The summed E-state index contributed by atoms with van der Waals surface area (Å²) in [7, 11) is 0. The van der Waals surface area contributed by atoms with Gasteiger partial charge in [-0.2, -0.15) is 5.26 Å². The van der Waals surface area contributed by atoms with Crippen LogP contribution in [0.4, 0.5) is 0 Å². The number of benzene rings is 1. The third-order valence-corrected chi connectivity index (χ3v) is 2.76. The van der Waals surface area contributed by atoms with Gasteiger partial charge in [-0.05, 0) is 36.7 Å². The predicted molar refractivity (Wildman–Crippen MR) is 70.9 cm³/mol. The molecule has 0 atom stereocenters. The lowest BCUT2D eigenvalue weighted by molar-refractivity contribution is 0.484. The molecule has 0 saturated carbocycles. The first-order chi connectivity index (χ1) is 8.85. The Morgan fingerprint density at radius 2 is 2.22 bits per heavy atom. The summed E-state index contributed by atoms with van der Waals surface area (Å²) in [5, 5.41) is 12.2. The highest BCUT2D eigenvalue weighted by molar-refractivity contribution is 5.66. The molecular formula is C15H16N2O. The Hall–Kier alpha value is -2.05. The van der Waals surface area contributed by atoms with Crippen molar-refractivity contribution < 1.29 is 4.42 Å². The van der Waals surface area contributed by atoms with E-state index in [1.165, 1.54) is 0 Å². The molecule has 0 saturated heterocycles. The van der Waals surface area contributed by atoms with E-state index in [4.69, 9.17) is 9.68 Å². The minimum absolute atomic E-state index is 0.668. The van der Waals surface area contributed by atoms with Crippen LogP contribution in [-0.4, -0.2) is 6.54 Å². The molecule has 0 unspecified atom stereocenters. The van der Waals surface area contributed by atoms with Crippen LogP contribution >= 0.6 is 0 Å². The molecule has 2 rings (SSSR count). The molecule has 92 valence electrons. The molecule has 2 aromatic rings. The minimum atomic E-state index is 0.668. The Balaban J connectivity index is 2.22. The van der Waals surface area contributed by atoms with Crippen molar-refractivity contribution in [2.45, 2.75) is 19.9 Å². The van der Waals surface area contributed by atoms with Gasteiger partial charge in [0, 0.05) is 5.56 Å². The fraction of sp³-hybridized carbons (Fsp3) is 0.267. The van der Waals surface area contributed by atoms with Crippen molar-refractivity contribution in [2.24, 2.45) is 0 Å². The summed E-state index contributed by atoms with van der Waals surface area (Å²) >= 11 is 0. The number of rotatable bonds is 5. The molecule has 0 aliphatic carbocycles. The van der Waals surface area contributed by atoms with E-state index < -0.39 is 0 Å². The van der Waals surface area contributed by atoms with E-state index >= 15 is 0 Å². The highest BCUT2D eigenvalue weighted by Crippen LogP contribution is 2.25. The monoisotopic (exact) mass is 240 g/mol. The predicted octanol–water partition coefficient (Wildman–Crippen LogP) is 3.32. The lowest BCUT2D eigenvalue weighted by Crippen LogP contribution is -2.13. The Labute approximate surface area is 107 Å². The quantitative estimate of drug-likeness (QED) is 0.815. The van der Waals surface area contributed by atoms with Gasteiger partial charge in [-0.3, -0.25) is 0 Å². The molecule has 1 N–H and O–H groups in total. The lowest BCUT2D eigenvalue weighted by atomic mass is 10.0. The fourth-order valence-electron chi connectivity index (χ4n) is 1.87. The molecule has 0 radical (unpaired) electrons. The van der Waals surface area contributed by atoms with Crippen LogP contribution in [0.2, 0.25) is 0 Å². The van der Waals surface area contributed by atoms with E-state index in [-0.39, 0.29) is 0 Å². The van der Waals surface area contributed by atoms with Crippen LogP contribution in [0.15, 0.2) is 41.0 Å². The number of nitrogens with zero attached hydrogens (tertiary/aromatic N) is 1. The van der Waals surface area contributed by atoms with Crippen LogP contribution in [-0.2, 0) is 6.54 Å². The number of nitriles is 1. The first-order valence-electron chi connectivity index (χ1n) is 6.12. The normalized spacial score (nSPS) is 10.2. The zero-order valence-corrected chi connectivity index (χ0v) is 10.4. The summed E-state index contributed by atoms with van der Waals surface area (Å²) in [6, 6.07) is 11.7. The molecule has 1 aromatic carbocycles. The zero-order valence-electron chi connectivity index (χ0n) is 10.4. The van der Waals surface area contributed by atoms with Gasteiger partial charge in [0.15, 0.2) is 0 Å². The standard InChI is InChI=1S/C15H16N2O/c1-2-7-17-11-15-14(6-8-18-15)13-5-3-4-12(9-13)10-16/h3-6,8-9,17H,2,7,11H2,1H3. The van der Waals surface area contributed by atoms with Gasteiger partial charge in [-0.1, -0.05) is 19.1 Å². The SMILES string of the molecule is CCCNCc1occc1-c1cccc(C#N)c1. The maximum absolute atomic E-state index is 8.92. The van der Waals surface area contributed by atoms with Crippen LogP contribution in [0, 0.1) is 11.3 Å². The molecule has 0 spiro atoms. The van der Waals surface area contributed by atoms with Crippen molar-refractivity contribution in [3.8, 4) is 17.2 Å². The molecule has 1 heterocycles. The van der Waals surface area contributed by atoms with Gasteiger partial charge in [-0.15, -0.1) is 0 Å². The van der Waals surface area contributed by atoms with E-state index in [1.54, 1.807) is 12.3 Å². The van der Waals surface area contributed by atoms with Gasteiger partial charge >= 0.3 is 0 Å². The first-order valence-corrected chi connectivity index (χ1v) is 6.12. The van der Waals surface area contributed by atoms with Gasteiger partial charge in [0.2, 0.25) is 0 Å². The van der Waals surface area contributed by atoms with Crippen LogP contribution < -0.4 is 5.32 Å². The van der Waals surface area contributed by atoms with E-state index in [2.05, 4.69) is 18.3 Å². The van der Waals surface area contributed by atoms with E-state index in [9.17, 15) is 0 Å². The molecule has 3 heteroatoms. The smallest absolute Gasteiger partial charge is 0.125 e. The Kier molecular flexibility index (Phi) is 4.16. The van der Waals surface area contributed by atoms with E-state index in [1.807, 2.05) is 24.3 Å². The lowest BCUT2D eigenvalue weighted by Gasteiger charge is -2.04. The Morgan fingerprint density at radius 3 is 3.00 bits per heavy atom. The highest BCUT2D eigenvalue weighted by atomic mass is 16.3. The van der Waals surface area contributed by atoms with Gasteiger partial charge in [0.05, 0.1) is 24.4 Å². The third-order valence-electron chi connectivity index (χ3n) is 2.76. The highest BCUT2D eigenvalue weighted by Gasteiger charge is 2.08. The zero-order chi connectivity index (χ0) is 12.8. The molecule has 1 aromatic heterocycles. The van der Waals surface area contributed by atoms with E-state index in [0.29, 0.717) is 12.1 Å². The average Bonchev–Trinajstić information content (AvgIpc) is 2.87. The van der Waals surface area contributed by atoms with Crippen molar-refractivity contribution in [1.82, 2.24) is 5.32 Å². The van der Waals surface area contributed by atoms with Crippen LogP contribution in [0.1, 0.15) is 24.7 Å². The molecular weight excluding hydrogens is 224 g/mol. The molecule has 0 amide bonds. The van der Waals surface area contributed by atoms with Gasteiger partial charge in [0.25, 0.3) is 0 Å². The molecule has 0 bridgehead atoms. The summed E-state index contributed by atoms with van der Waals surface area (Å²) in [6.07, 6.45) is 2.79. The number of furan rings is 1. The van der Waals surface area contributed by atoms with Crippen LogP contribution in [0.5, 0.6) is 0 Å². The third kappa shape index (κ3) is 2.79. The van der Waals surface area contributed by atoms with Crippen molar-refractivity contribution in [3.05, 3.63) is 47.9 Å². The van der Waals surface area contributed by atoms with Crippen LogP contribution in [0.3, 0.4) is 0 Å². The molecule has 18 heavy (non-hydrogen) atoms. The molecule has 3 nitrogen and oxygen atoms in total. The maximum Gasteiger partial charge on any atom is 0.125 e. The van der Waals surface area contributed by atoms with Crippen molar-refractivity contribution in [3.63, 3.8) is 0 Å². The first kappa shape index (κ1) is 12.4. The number of hydrogen-bond acceptors (Lipinski definition) is 3. The largest absolute Gasteiger partial charge is 0.467 e. The second kappa shape index (κ2) is 6.04. The second-order valence-electron chi connectivity index (χ2n) is 4.13. The summed E-state index contributed by atoms with van der Waals surface area (Å²) in [5.74, 6) is 0.915. The second-order valence-corrected chi connectivity index (χ2v) is 4.13. The topological polar surface area (TPSA) is 49.0 Å². The van der Waals surface area contributed by atoms with Gasteiger partial charge in [0.1, 0.15) is 5.76 Å². The average molecular weight is 240 g/mol. The van der Waals surface area contributed by atoms with Gasteiger partial charge in [-0.25, -0.2) is 0 Å². The Bertz CT molecular complexity index is 552. The van der Waals surface area contributed by atoms with Crippen LogP contribution in [0.25, 0.3) is 11.1 Å². The molecule has 0 aliphatic heterocycles. The summed E-state index contributed by atoms with van der Waals surface area (Å²) in [6.45, 7) is 3.82. The summed E-state index contributed by atoms with van der Waals surface area (Å²) in [4.78, 5) is 0. The van der Waals surface area contributed by atoms with E-state index in [0.717, 1.165) is 29.9 Å². The van der Waals surface area contributed by atoms with Crippen molar-refractivity contribution >= 4 is 0 Å². The van der Waals surface area contributed by atoms with Gasteiger partial charge < -0.3 is 9.73 Å². The summed E-state index contributed by atoms with van der Waals surface area (Å²) < 4.78 is 5.49. The minimum Gasteiger partial charge on any atom is -0.467 e. The van der Waals surface area contributed by atoms with Crippen molar-refractivity contribution in [2.75, 3.05) is 6.54 Å². The maximum atomic E-state index is 8.92.